The molecule has 0 saturated carbocycles. The molecule has 1 heterocycles. The summed E-state index contributed by atoms with van der Waals surface area (Å²) in [5.41, 5.74) is 0.383. The summed E-state index contributed by atoms with van der Waals surface area (Å²) in [6.07, 6.45) is 2.56. The molecule has 0 saturated heterocycles. The van der Waals surface area contributed by atoms with E-state index in [4.69, 9.17) is 0 Å². The molecule has 0 atom stereocenters. The van der Waals surface area contributed by atoms with E-state index in [1.165, 1.54) is 12.5 Å². The van der Waals surface area contributed by atoms with Gasteiger partial charge in [-0.05, 0) is 0 Å². The van der Waals surface area contributed by atoms with Crippen LogP contribution in [0.5, 0.6) is 0 Å². The van der Waals surface area contributed by atoms with Crippen molar-refractivity contribution in [2.24, 2.45) is 0 Å². The molecule has 0 N–H and O–H groups in total. The zero-order valence-electron chi connectivity index (χ0n) is 3.87. The predicted molar refractivity (Wildman–Crippen MR) is 29.8 cm³/mol. The van der Waals surface area contributed by atoms with Crippen molar-refractivity contribution in [1.29, 1.82) is 0 Å². The second-order valence-electron chi connectivity index (χ2n) is 1.22. The van der Waals surface area contributed by atoms with Gasteiger partial charge in [0.05, 0.1) is 11.8 Å². The molecule has 4 heteroatoms. The number of carbonyl (C=O) groups excluding carboxylic acids is 1. The first-order chi connectivity index (χ1) is 3.80. The maximum atomic E-state index is 10.3. The minimum absolute atomic E-state index is 0.328. The molecule has 1 aromatic heterocycles. The Bertz CT molecular complexity index is 182. The van der Waals surface area contributed by atoms with Gasteiger partial charge in [-0.15, -0.1) is 12.6 Å². The highest BCUT2D eigenvalue weighted by Gasteiger charge is 1.99. The molecule has 0 aliphatic carbocycles. The van der Waals surface area contributed by atoms with E-state index < -0.39 is 0 Å². The summed E-state index contributed by atoms with van der Waals surface area (Å²) in [5, 5.41) is 2.97. The van der Waals surface area contributed by atoms with Crippen LogP contribution >= 0.6 is 12.6 Å². The first-order valence-corrected chi connectivity index (χ1v) is 2.38. The molecule has 0 radical (unpaired) electrons. The number of rotatable bonds is 1. The number of aromatic nitrogens is 1. The number of hydrogen-bond acceptors (Lipinski definition) is 3. The standard InChI is InChI=1S/C4H3NO2S/c6-4(8)3-1-5-7-2-3/h1-2H,(H,6,8). The molecular formula is C4H3NO2S. The highest BCUT2D eigenvalue weighted by Crippen LogP contribution is 1.99. The van der Waals surface area contributed by atoms with E-state index in [2.05, 4.69) is 22.3 Å². The molecule has 0 amide bonds. The van der Waals surface area contributed by atoms with Gasteiger partial charge in [-0.3, -0.25) is 4.79 Å². The van der Waals surface area contributed by atoms with E-state index in [0.29, 0.717) is 5.56 Å². The molecule has 1 aromatic rings. The van der Waals surface area contributed by atoms with Gasteiger partial charge in [0.1, 0.15) is 6.26 Å². The topological polar surface area (TPSA) is 43.1 Å². The van der Waals surface area contributed by atoms with Crippen molar-refractivity contribution in [3.8, 4) is 0 Å². The number of nitrogens with zero attached hydrogens (tertiary/aromatic N) is 1. The predicted octanol–water partition coefficient (Wildman–Crippen LogP) is 0.745. The highest BCUT2D eigenvalue weighted by molar-refractivity contribution is 7.97. The first kappa shape index (κ1) is 5.37. The van der Waals surface area contributed by atoms with Crippen LogP contribution in [0.3, 0.4) is 0 Å². The Kier molecular flexibility index (Phi) is 1.34. The quantitative estimate of drug-likeness (QED) is 0.569. The van der Waals surface area contributed by atoms with Crippen molar-refractivity contribution < 1.29 is 9.32 Å². The third-order valence-electron chi connectivity index (χ3n) is 0.679. The van der Waals surface area contributed by atoms with E-state index in [-0.39, 0.29) is 5.12 Å². The van der Waals surface area contributed by atoms with Crippen LogP contribution in [0, 0.1) is 0 Å². The Balaban J connectivity index is 2.93. The van der Waals surface area contributed by atoms with Crippen LogP contribution in [0.1, 0.15) is 10.4 Å². The smallest absolute Gasteiger partial charge is 0.221 e. The summed E-state index contributed by atoms with van der Waals surface area (Å²) in [5.74, 6) is 0. The molecule has 0 aromatic carbocycles. The van der Waals surface area contributed by atoms with Crippen LogP contribution in [-0.2, 0) is 0 Å². The largest absolute Gasteiger partial charge is 0.364 e. The summed E-state index contributed by atoms with van der Waals surface area (Å²) in [4.78, 5) is 10.3. The summed E-state index contributed by atoms with van der Waals surface area (Å²) < 4.78 is 4.36. The average Bonchev–Trinajstić information content (AvgIpc) is 2.12. The lowest BCUT2D eigenvalue weighted by Gasteiger charge is -1.75. The summed E-state index contributed by atoms with van der Waals surface area (Å²) in [6.45, 7) is 0. The molecule has 0 spiro atoms. The van der Waals surface area contributed by atoms with Crippen LogP contribution in [-0.4, -0.2) is 10.3 Å². The van der Waals surface area contributed by atoms with E-state index in [1.54, 1.807) is 0 Å². The second kappa shape index (κ2) is 2.00. The third-order valence-corrected chi connectivity index (χ3v) is 0.937. The maximum absolute atomic E-state index is 10.3. The molecule has 0 bridgehead atoms. The lowest BCUT2D eigenvalue weighted by Crippen LogP contribution is -1.81. The third kappa shape index (κ3) is 0.894. The number of hydrogen-bond donors (Lipinski definition) is 1. The van der Waals surface area contributed by atoms with Crippen LogP contribution in [0.15, 0.2) is 17.0 Å². The first-order valence-electron chi connectivity index (χ1n) is 1.93. The van der Waals surface area contributed by atoms with Gasteiger partial charge in [-0.1, -0.05) is 5.16 Å². The maximum Gasteiger partial charge on any atom is 0.221 e. The van der Waals surface area contributed by atoms with Gasteiger partial charge in [0, 0.05) is 0 Å². The van der Waals surface area contributed by atoms with Crippen molar-refractivity contribution >= 4 is 17.7 Å². The molecule has 42 valence electrons. The molecule has 3 nitrogen and oxygen atoms in total. The summed E-state index contributed by atoms with van der Waals surface area (Å²) in [7, 11) is 0. The van der Waals surface area contributed by atoms with Crippen molar-refractivity contribution in [2.45, 2.75) is 0 Å². The van der Waals surface area contributed by atoms with E-state index in [1.807, 2.05) is 0 Å². The Morgan fingerprint density at radius 2 is 2.62 bits per heavy atom. The van der Waals surface area contributed by atoms with E-state index in [0.717, 1.165) is 0 Å². The zero-order valence-corrected chi connectivity index (χ0v) is 4.76. The lowest BCUT2D eigenvalue weighted by atomic mass is 10.4. The fourth-order valence-electron chi connectivity index (χ4n) is 0.310. The fourth-order valence-corrected chi connectivity index (χ4v) is 0.421. The normalized spacial score (nSPS) is 9.12. The lowest BCUT2D eigenvalue weighted by molar-refractivity contribution is 0.109. The Hall–Kier alpha value is -0.770. The number of carbonyl (C=O) groups is 1. The van der Waals surface area contributed by atoms with Gasteiger partial charge in [0.2, 0.25) is 5.12 Å². The Morgan fingerprint density at radius 1 is 1.88 bits per heavy atom. The van der Waals surface area contributed by atoms with Crippen molar-refractivity contribution in [1.82, 2.24) is 5.16 Å². The minimum atomic E-state index is -0.328. The Morgan fingerprint density at radius 3 is 2.88 bits per heavy atom. The van der Waals surface area contributed by atoms with E-state index >= 15 is 0 Å². The molecular weight excluding hydrogens is 126 g/mol. The Labute approximate surface area is 51.1 Å². The summed E-state index contributed by atoms with van der Waals surface area (Å²) in [6, 6.07) is 0. The molecule has 0 aliphatic heterocycles. The van der Waals surface area contributed by atoms with Crippen LogP contribution in [0.4, 0.5) is 0 Å². The van der Waals surface area contributed by atoms with Gasteiger partial charge in [0.15, 0.2) is 0 Å². The van der Waals surface area contributed by atoms with Gasteiger partial charge in [-0.25, -0.2) is 0 Å². The molecule has 1 rings (SSSR count). The highest BCUT2D eigenvalue weighted by atomic mass is 32.1. The van der Waals surface area contributed by atoms with Crippen LogP contribution in [0.2, 0.25) is 0 Å². The average molecular weight is 129 g/mol. The van der Waals surface area contributed by atoms with Gasteiger partial charge >= 0.3 is 0 Å². The van der Waals surface area contributed by atoms with Crippen molar-refractivity contribution in [2.75, 3.05) is 0 Å². The molecule has 8 heavy (non-hydrogen) atoms. The van der Waals surface area contributed by atoms with Crippen molar-refractivity contribution in [3.63, 3.8) is 0 Å². The van der Waals surface area contributed by atoms with Crippen LogP contribution in [0.25, 0.3) is 0 Å². The van der Waals surface area contributed by atoms with Gasteiger partial charge in [0.25, 0.3) is 0 Å². The van der Waals surface area contributed by atoms with E-state index in [9.17, 15) is 4.79 Å². The second-order valence-corrected chi connectivity index (χ2v) is 1.62. The van der Waals surface area contributed by atoms with Gasteiger partial charge < -0.3 is 4.52 Å². The number of thiol groups is 1. The van der Waals surface area contributed by atoms with Crippen LogP contribution < -0.4 is 0 Å². The SMILES string of the molecule is O=C(S)c1cnoc1. The zero-order chi connectivity index (χ0) is 5.98. The molecule has 0 unspecified atom stereocenters. The fraction of sp³-hybridized carbons (Fsp3) is 0. The minimum Gasteiger partial charge on any atom is -0.364 e. The monoisotopic (exact) mass is 129 g/mol. The van der Waals surface area contributed by atoms with Crippen molar-refractivity contribution in [3.05, 3.63) is 18.0 Å². The van der Waals surface area contributed by atoms with Gasteiger partial charge in [-0.2, -0.15) is 0 Å². The molecule has 0 fully saturated rings. The summed E-state index contributed by atoms with van der Waals surface area (Å²) >= 11 is 3.51. The molecule has 0 aliphatic rings.